The normalized spacial score (nSPS) is 9.60. The van der Waals surface area contributed by atoms with E-state index in [1.807, 2.05) is 12.1 Å². The summed E-state index contributed by atoms with van der Waals surface area (Å²) in [6.45, 7) is 0. The number of rotatable bonds is 1. The molecule has 0 spiro atoms. The first kappa shape index (κ1) is 9.18. The maximum atomic E-state index is 11.2. The standard InChI is InChI=1S/C10H6N4O/c11-14-13-10(15)8-4-3-7-2-1-5-12-9(7)6-8/h1-6H. The van der Waals surface area contributed by atoms with Crippen molar-refractivity contribution in [2.75, 3.05) is 0 Å². The Morgan fingerprint density at radius 3 is 3.07 bits per heavy atom. The Labute approximate surface area is 85.0 Å². The van der Waals surface area contributed by atoms with Crippen LogP contribution in [-0.4, -0.2) is 10.9 Å². The molecule has 0 N–H and O–H groups in total. The minimum Gasteiger partial charge on any atom is -0.287 e. The van der Waals surface area contributed by atoms with Gasteiger partial charge in [-0.15, -0.1) is 0 Å². The van der Waals surface area contributed by atoms with Gasteiger partial charge in [0.05, 0.1) is 5.52 Å². The summed E-state index contributed by atoms with van der Waals surface area (Å²) >= 11 is 0. The molecule has 5 nitrogen and oxygen atoms in total. The molecule has 0 aliphatic heterocycles. The molecule has 0 aliphatic rings. The second-order valence-electron chi connectivity index (χ2n) is 2.91. The van der Waals surface area contributed by atoms with Crippen LogP contribution >= 0.6 is 0 Å². The van der Waals surface area contributed by atoms with Crippen molar-refractivity contribution in [3.8, 4) is 0 Å². The molecule has 72 valence electrons. The summed E-state index contributed by atoms with van der Waals surface area (Å²) in [5, 5.41) is 3.96. The van der Waals surface area contributed by atoms with E-state index in [4.69, 9.17) is 5.53 Å². The minimum absolute atomic E-state index is 0.346. The molecule has 15 heavy (non-hydrogen) atoms. The Balaban J connectivity index is 2.56. The van der Waals surface area contributed by atoms with Gasteiger partial charge in [0.15, 0.2) is 0 Å². The van der Waals surface area contributed by atoms with Gasteiger partial charge in [-0.25, -0.2) is 0 Å². The number of benzene rings is 1. The van der Waals surface area contributed by atoms with Gasteiger partial charge >= 0.3 is 0 Å². The maximum absolute atomic E-state index is 11.2. The van der Waals surface area contributed by atoms with Gasteiger partial charge in [-0.05, 0) is 22.8 Å². The molecule has 0 fully saturated rings. The molecule has 2 rings (SSSR count). The fourth-order valence-electron chi connectivity index (χ4n) is 1.30. The molecule has 0 saturated carbocycles. The fraction of sp³-hybridized carbons (Fsp3) is 0. The highest BCUT2D eigenvalue weighted by Gasteiger charge is 2.03. The molecule has 1 aromatic heterocycles. The summed E-state index contributed by atoms with van der Waals surface area (Å²) in [7, 11) is 0. The van der Waals surface area contributed by atoms with Crippen LogP contribution < -0.4 is 0 Å². The Morgan fingerprint density at radius 1 is 1.40 bits per heavy atom. The minimum atomic E-state index is -0.593. The monoisotopic (exact) mass is 198 g/mol. The van der Waals surface area contributed by atoms with Gasteiger partial charge in [-0.2, -0.15) is 0 Å². The van der Waals surface area contributed by atoms with E-state index in [0.29, 0.717) is 11.1 Å². The number of fused-ring (bicyclic) bond motifs is 1. The molecule has 0 radical (unpaired) electrons. The molecule has 0 bridgehead atoms. The lowest BCUT2D eigenvalue weighted by atomic mass is 10.1. The lowest BCUT2D eigenvalue weighted by Gasteiger charge is -1.98. The zero-order valence-electron chi connectivity index (χ0n) is 7.66. The maximum Gasteiger partial charge on any atom is 0.249 e. The lowest BCUT2D eigenvalue weighted by Crippen LogP contribution is -1.93. The number of aromatic nitrogens is 1. The number of nitrogens with zero attached hydrogens (tertiary/aromatic N) is 4. The number of carbonyl (C=O) groups is 1. The summed E-state index contributed by atoms with van der Waals surface area (Å²) in [6, 6.07) is 8.69. The van der Waals surface area contributed by atoms with Crippen LogP contribution in [-0.2, 0) is 0 Å². The van der Waals surface area contributed by atoms with E-state index in [-0.39, 0.29) is 0 Å². The summed E-state index contributed by atoms with van der Waals surface area (Å²) in [4.78, 5) is 17.8. The van der Waals surface area contributed by atoms with Crippen LogP contribution in [0.2, 0.25) is 0 Å². The van der Waals surface area contributed by atoms with Gasteiger partial charge in [0.25, 0.3) is 0 Å². The second-order valence-corrected chi connectivity index (χ2v) is 2.91. The number of hydrogen-bond donors (Lipinski definition) is 0. The van der Waals surface area contributed by atoms with E-state index in [2.05, 4.69) is 15.0 Å². The third-order valence-electron chi connectivity index (χ3n) is 1.99. The quantitative estimate of drug-likeness (QED) is 0.401. The highest BCUT2D eigenvalue weighted by molar-refractivity contribution is 5.98. The fourth-order valence-corrected chi connectivity index (χ4v) is 1.30. The highest BCUT2D eigenvalue weighted by atomic mass is 16.1. The number of pyridine rings is 1. The summed E-state index contributed by atoms with van der Waals surface area (Å²) < 4.78 is 0. The van der Waals surface area contributed by atoms with E-state index < -0.39 is 5.91 Å². The molecular weight excluding hydrogens is 192 g/mol. The number of carbonyl (C=O) groups excluding carboxylic acids is 1. The van der Waals surface area contributed by atoms with Gasteiger partial charge in [0, 0.05) is 22.1 Å². The predicted octanol–water partition coefficient (Wildman–Crippen LogP) is 2.69. The van der Waals surface area contributed by atoms with Crippen LogP contribution in [0.5, 0.6) is 0 Å². The van der Waals surface area contributed by atoms with Gasteiger partial charge in [0.1, 0.15) is 0 Å². The van der Waals surface area contributed by atoms with E-state index >= 15 is 0 Å². The molecule has 0 aliphatic carbocycles. The van der Waals surface area contributed by atoms with Crippen LogP contribution in [0.25, 0.3) is 21.3 Å². The predicted molar refractivity (Wildman–Crippen MR) is 55.2 cm³/mol. The Bertz CT molecular complexity index is 572. The smallest absolute Gasteiger partial charge is 0.249 e. The molecule has 1 aromatic carbocycles. The second kappa shape index (κ2) is 3.77. The summed E-state index contributed by atoms with van der Waals surface area (Å²) in [5.41, 5.74) is 9.18. The Kier molecular flexibility index (Phi) is 2.31. The molecular formula is C10H6N4O. The zero-order chi connectivity index (χ0) is 10.7. The van der Waals surface area contributed by atoms with Gasteiger partial charge in [-0.3, -0.25) is 9.78 Å². The van der Waals surface area contributed by atoms with Crippen LogP contribution in [0.1, 0.15) is 10.4 Å². The van der Waals surface area contributed by atoms with Crippen molar-refractivity contribution >= 4 is 16.8 Å². The first-order valence-electron chi connectivity index (χ1n) is 4.25. The first-order chi connectivity index (χ1) is 7.31. The van der Waals surface area contributed by atoms with Crippen molar-refractivity contribution in [1.82, 2.24) is 4.98 Å². The molecule has 1 amide bonds. The lowest BCUT2D eigenvalue weighted by molar-refractivity contribution is 0.100. The van der Waals surface area contributed by atoms with Crippen molar-refractivity contribution in [2.45, 2.75) is 0 Å². The van der Waals surface area contributed by atoms with E-state index in [0.717, 1.165) is 5.39 Å². The van der Waals surface area contributed by atoms with Crippen LogP contribution in [0, 0.1) is 0 Å². The summed E-state index contributed by atoms with van der Waals surface area (Å²) in [5.74, 6) is -0.593. The number of azide groups is 1. The van der Waals surface area contributed by atoms with Crippen molar-refractivity contribution in [3.05, 3.63) is 52.5 Å². The molecule has 5 heteroatoms. The number of amides is 1. The Morgan fingerprint density at radius 2 is 2.27 bits per heavy atom. The van der Waals surface area contributed by atoms with Crippen LogP contribution in [0.4, 0.5) is 0 Å². The van der Waals surface area contributed by atoms with Crippen LogP contribution in [0.3, 0.4) is 0 Å². The van der Waals surface area contributed by atoms with E-state index in [1.165, 1.54) is 0 Å². The van der Waals surface area contributed by atoms with E-state index in [9.17, 15) is 4.79 Å². The van der Waals surface area contributed by atoms with Gasteiger partial charge in [-0.1, -0.05) is 18.2 Å². The van der Waals surface area contributed by atoms with Gasteiger partial charge in [0.2, 0.25) is 5.91 Å². The molecule has 1 heterocycles. The van der Waals surface area contributed by atoms with Crippen molar-refractivity contribution in [1.29, 1.82) is 0 Å². The third-order valence-corrected chi connectivity index (χ3v) is 1.99. The molecule has 0 atom stereocenters. The summed E-state index contributed by atoms with van der Waals surface area (Å²) in [6.07, 6.45) is 1.64. The largest absolute Gasteiger partial charge is 0.287 e. The first-order valence-corrected chi connectivity index (χ1v) is 4.25. The average Bonchev–Trinajstić information content (AvgIpc) is 2.29. The van der Waals surface area contributed by atoms with Crippen molar-refractivity contribution < 1.29 is 4.79 Å². The van der Waals surface area contributed by atoms with Crippen molar-refractivity contribution in [2.24, 2.45) is 5.11 Å². The number of hydrogen-bond acceptors (Lipinski definition) is 2. The highest BCUT2D eigenvalue weighted by Crippen LogP contribution is 2.13. The topological polar surface area (TPSA) is 78.7 Å². The SMILES string of the molecule is [N-]=[N+]=NC(=O)c1ccc2cccnc2c1. The van der Waals surface area contributed by atoms with E-state index in [1.54, 1.807) is 24.4 Å². The van der Waals surface area contributed by atoms with Crippen LogP contribution in [0.15, 0.2) is 41.6 Å². The zero-order valence-corrected chi connectivity index (χ0v) is 7.66. The molecule has 0 saturated heterocycles. The van der Waals surface area contributed by atoms with Gasteiger partial charge < -0.3 is 0 Å². The van der Waals surface area contributed by atoms with Crippen molar-refractivity contribution in [3.63, 3.8) is 0 Å². The third kappa shape index (κ3) is 1.77. The molecule has 0 unspecified atom stereocenters. The Hall–Kier alpha value is -2.39. The average molecular weight is 198 g/mol. The molecule has 2 aromatic rings.